The van der Waals surface area contributed by atoms with Gasteiger partial charge in [0.05, 0.1) is 11.5 Å². The number of benzene rings is 2. The molecule has 0 amide bonds. The fraction of sp³-hybridized carbons (Fsp3) is 0.200. The summed E-state index contributed by atoms with van der Waals surface area (Å²) in [4.78, 5) is 0.0655. The van der Waals surface area contributed by atoms with Crippen molar-refractivity contribution in [2.24, 2.45) is 0 Å². The quantitative estimate of drug-likeness (QED) is 0.904. The van der Waals surface area contributed by atoms with E-state index in [1.54, 1.807) is 30.3 Å². The van der Waals surface area contributed by atoms with Crippen LogP contribution in [0.2, 0.25) is 0 Å². The first-order chi connectivity index (χ1) is 9.41. The lowest BCUT2D eigenvalue weighted by molar-refractivity contribution is 0.250. The lowest BCUT2D eigenvalue weighted by Crippen LogP contribution is -2.36. The Balaban J connectivity index is 2.58. The zero-order chi connectivity index (χ0) is 14.8. The first-order valence-electron chi connectivity index (χ1n) is 6.12. The van der Waals surface area contributed by atoms with Gasteiger partial charge in [-0.3, -0.25) is 0 Å². The van der Waals surface area contributed by atoms with Gasteiger partial charge < -0.3 is 10.2 Å². The van der Waals surface area contributed by atoms with Crippen molar-refractivity contribution in [2.45, 2.75) is 16.6 Å². The number of hydrogen-bond donors (Lipinski definition) is 2. The van der Waals surface area contributed by atoms with Crippen LogP contribution < -0.4 is 0 Å². The highest BCUT2D eigenvalue weighted by atomic mass is 32.2. The van der Waals surface area contributed by atoms with E-state index in [1.807, 2.05) is 0 Å². The molecule has 5 heteroatoms. The normalized spacial score (nSPS) is 14.7. The van der Waals surface area contributed by atoms with Crippen LogP contribution in [0.15, 0.2) is 59.5 Å². The van der Waals surface area contributed by atoms with Crippen LogP contribution in [0, 0.1) is 0 Å². The van der Waals surface area contributed by atoms with Crippen LogP contribution in [-0.4, -0.2) is 25.2 Å². The highest BCUT2D eigenvalue weighted by Crippen LogP contribution is 2.35. The van der Waals surface area contributed by atoms with Crippen molar-refractivity contribution in [2.75, 3.05) is 6.61 Å². The molecule has 2 aromatic rings. The summed E-state index contributed by atoms with van der Waals surface area (Å²) in [6, 6.07) is 13.9. The minimum Gasteiger partial charge on any atom is -0.508 e. The van der Waals surface area contributed by atoms with Gasteiger partial charge >= 0.3 is 0 Å². The van der Waals surface area contributed by atoms with E-state index in [4.69, 9.17) is 0 Å². The van der Waals surface area contributed by atoms with Crippen LogP contribution in [0.5, 0.6) is 5.75 Å². The second-order valence-electron chi connectivity index (χ2n) is 4.75. The van der Waals surface area contributed by atoms with Gasteiger partial charge in [0.15, 0.2) is 9.84 Å². The highest BCUT2D eigenvalue weighted by molar-refractivity contribution is 7.92. The number of hydrogen-bond acceptors (Lipinski definition) is 4. The lowest BCUT2D eigenvalue weighted by Gasteiger charge is -2.27. The molecule has 1 unspecified atom stereocenters. The van der Waals surface area contributed by atoms with E-state index in [2.05, 4.69) is 0 Å². The van der Waals surface area contributed by atoms with E-state index in [9.17, 15) is 18.6 Å². The van der Waals surface area contributed by atoms with Crippen molar-refractivity contribution in [3.05, 3.63) is 60.2 Å². The SMILES string of the molecule is CC(CO)(c1ccccc1)S(=O)(=O)c1ccc(O)cc1. The maximum absolute atomic E-state index is 12.8. The molecule has 0 saturated heterocycles. The van der Waals surface area contributed by atoms with Crippen molar-refractivity contribution < 1.29 is 18.6 Å². The zero-order valence-electron chi connectivity index (χ0n) is 11.0. The molecule has 106 valence electrons. The average Bonchev–Trinajstić information content (AvgIpc) is 2.47. The van der Waals surface area contributed by atoms with Crippen molar-refractivity contribution in [1.82, 2.24) is 0 Å². The molecule has 2 aromatic carbocycles. The summed E-state index contributed by atoms with van der Waals surface area (Å²) in [5.74, 6) is -0.00522. The number of aromatic hydroxyl groups is 1. The monoisotopic (exact) mass is 292 g/mol. The van der Waals surface area contributed by atoms with E-state index >= 15 is 0 Å². The van der Waals surface area contributed by atoms with Gasteiger partial charge in [-0.2, -0.15) is 0 Å². The molecule has 0 radical (unpaired) electrons. The second-order valence-corrected chi connectivity index (χ2v) is 7.13. The van der Waals surface area contributed by atoms with Gasteiger partial charge in [0.1, 0.15) is 10.5 Å². The minimum absolute atomic E-state index is 0.00522. The smallest absolute Gasteiger partial charge is 0.190 e. The topological polar surface area (TPSA) is 74.6 Å². The van der Waals surface area contributed by atoms with E-state index < -0.39 is 21.2 Å². The van der Waals surface area contributed by atoms with Crippen molar-refractivity contribution in [1.29, 1.82) is 0 Å². The van der Waals surface area contributed by atoms with Gasteiger partial charge in [0, 0.05) is 0 Å². The van der Waals surface area contributed by atoms with Crippen LogP contribution >= 0.6 is 0 Å². The molecule has 4 nitrogen and oxygen atoms in total. The Labute approximate surface area is 118 Å². The molecule has 0 aliphatic heterocycles. The van der Waals surface area contributed by atoms with Gasteiger partial charge in [0.2, 0.25) is 0 Å². The molecule has 20 heavy (non-hydrogen) atoms. The first kappa shape index (κ1) is 14.6. The van der Waals surface area contributed by atoms with E-state index in [0.29, 0.717) is 5.56 Å². The predicted molar refractivity (Wildman–Crippen MR) is 76.2 cm³/mol. The molecule has 1 atom stereocenters. The Morgan fingerprint density at radius 3 is 2.05 bits per heavy atom. The summed E-state index contributed by atoms with van der Waals surface area (Å²) in [6.45, 7) is 0.963. The molecule has 0 bridgehead atoms. The Bertz CT molecular complexity index is 678. The zero-order valence-corrected chi connectivity index (χ0v) is 11.8. The van der Waals surface area contributed by atoms with E-state index in [-0.39, 0.29) is 10.6 Å². The van der Waals surface area contributed by atoms with Crippen molar-refractivity contribution in [3.8, 4) is 5.75 Å². The molecule has 0 aromatic heterocycles. The molecule has 0 heterocycles. The fourth-order valence-corrected chi connectivity index (χ4v) is 3.64. The Kier molecular flexibility index (Phi) is 3.83. The van der Waals surface area contributed by atoms with Crippen LogP contribution in [0.3, 0.4) is 0 Å². The summed E-state index contributed by atoms with van der Waals surface area (Å²) >= 11 is 0. The summed E-state index contributed by atoms with van der Waals surface area (Å²) in [7, 11) is -3.78. The van der Waals surface area contributed by atoms with Crippen molar-refractivity contribution >= 4 is 9.84 Å². The molecular formula is C15H16O4S. The number of aliphatic hydroxyl groups excluding tert-OH is 1. The van der Waals surface area contributed by atoms with Gasteiger partial charge in [-0.05, 0) is 36.8 Å². The van der Waals surface area contributed by atoms with Gasteiger partial charge in [-0.1, -0.05) is 30.3 Å². The number of sulfone groups is 1. The van der Waals surface area contributed by atoms with Crippen LogP contribution in [0.1, 0.15) is 12.5 Å². The minimum atomic E-state index is -3.78. The van der Waals surface area contributed by atoms with Crippen LogP contribution in [-0.2, 0) is 14.6 Å². The standard InChI is InChI=1S/C15H16O4S/c1-15(11-16,12-5-3-2-4-6-12)20(18,19)14-9-7-13(17)8-10-14/h2-10,16-17H,11H2,1H3. The number of rotatable bonds is 4. The van der Waals surface area contributed by atoms with E-state index in [0.717, 1.165) is 0 Å². The molecule has 0 aliphatic carbocycles. The molecule has 0 spiro atoms. The summed E-state index contributed by atoms with van der Waals surface area (Å²) in [6.07, 6.45) is 0. The van der Waals surface area contributed by atoms with Crippen LogP contribution in [0.25, 0.3) is 0 Å². The third kappa shape index (κ3) is 2.30. The van der Waals surface area contributed by atoms with E-state index in [1.165, 1.54) is 31.2 Å². The fourth-order valence-electron chi connectivity index (χ4n) is 2.01. The van der Waals surface area contributed by atoms with Gasteiger partial charge in [-0.25, -0.2) is 8.42 Å². The van der Waals surface area contributed by atoms with Crippen LogP contribution in [0.4, 0.5) is 0 Å². The Morgan fingerprint density at radius 1 is 1.00 bits per heavy atom. The molecule has 0 saturated carbocycles. The molecule has 2 N–H and O–H groups in total. The number of phenolic OH excluding ortho intramolecular Hbond substituents is 1. The third-order valence-electron chi connectivity index (χ3n) is 3.43. The maximum Gasteiger partial charge on any atom is 0.190 e. The average molecular weight is 292 g/mol. The number of aliphatic hydroxyl groups is 1. The Hall–Kier alpha value is -1.85. The molecule has 0 aliphatic rings. The molecule has 0 fully saturated rings. The maximum atomic E-state index is 12.8. The summed E-state index contributed by atoms with van der Waals surface area (Å²) < 4.78 is 24.1. The first-order valence-corrected chi connectivity index (χ1v) is 7.60. The number of phenols is 1. The largest absolute Gasteiger partial charge is 0.508 e. The van der Waals surface area contributed by atoms with Crippen molar-refractivity contribution in [3.63, 3.8) is 0 Å². The summed E-state index contributed by atoms with van der Waals surface area (Å²) in [5.41, 5.74) is 0.524. The highest BCUT2D eigenvalue weighted by Gasteiger charge is 2.41. The molecular weight excluding hydrogens is 276 g/mol. The predicted octanol–water partition coefficient (Wildman–Crippen LogP) is 2.07. The lowest BCUT2D eigenvalue weighted by atomic mass is 10.0. The van der Waals surface area contributed by atoms with Gasteiger partial charge in [-0.15, -0.1) is 0 Å². The second kappa shape index (κ2) is 5.26. The Morgan fingerprint density at radius 2 is 1.55 bits per heavy atom. The summed E-state index contributed by atoms with van der Waals surface area (Å²) in [5, 5.41) is 18.9. The molecule has 2 rings (SSSR count). The van der Waals surface area contributed by atoms with Gasteiger partial charge in [0.25, 0.3) is 0 Å². The third-order valence-corrected chi connectivity index (χ3v) is 5.87.